The molecule has 0 aliphatic carbocycles. The first kappa shape index (κ1) is 19.2. The number of rotatable bonds is 9. The fraction of sp³-hybridized carbons (Fsp3) is 0.636. The van der Waals surface area contributed by atoms with E-state index in [9.17, 15) is 19.2 Å². The largest absolute Gasteiger partial charge is 0.480 e. The minimum atomic E-state index is -1.23. The molecular formula is C11H20N4O5S. The molecule has 0 radical (unpaired) electrons. The SMILES string of the molecule is C[C@H](NC(=O)[C@@H](N)CCC(N)=O)C(=O)N[C@@H](CS)C(=O)O. The first-order valence-electron chi connectivity index (χ1n) is 6.17. The maximum absolute atomic E-state index is 11.7. The van der Waals surface area contributed by atoms with Crippen LogP contribution in [0.1, 0.15) is 19.8 Å². The van der Waals surface area contributed by atoms with Gasteiger partial charge in [0.15, 0.2) is 0 Å². The molecule has 0 bridgehead atoms. The minimum absolute atomic E-state index is 0.0457. The Morgan fingerprint density at radius 3 is 2.19 bits per heavy atom. The van der Waals surface area contributed by atoms with Gasteiger partial charge in [0, 0.05) is 12.2 Å². The predicted octanol–water partition coefficient (Wildman–Crippen LogP) is -2.42. The van der Waals surface area contributed by atoms with Gasteiger partial charge in [-0.15, -0.1) is 0 Å². The maximum atomic E-state index is 11.7. The zero-order chi connectivity index (χ0) is 16.6. The smallest absolute Gasteiger partial charge is 0.327 e. The summed E-state index contributed by atoms with van der Waals surface area (Å²) in [5.41, 5.74) is 10.5. The topological polar surface area (TPSA) is 165 Å². The van der Waals surface area contributed by atoms with E-state index in [0.717, 1.165) is 0 Å². The van der Waals surface area contributed by atoms with Crippen molar-refractivity contribution in [3.8, 4) is 0 Å². The number of thiol groups is 1. The van der Waals surface area contributed by atoms with Crippen molar-refractivity contribution in [1.82, 2.24) is 10.6 Å². The Labute approximate surface area is 127 Å². The highest BCUT2D eigenvalue weighted by atomic mass is 32.1. The number of carbonyl (C=O) groups is 4. The number of carbonyl (C=O) groups excluding carboxylic acids is 3. The van der Waals surface area contributed by atoms with Gasteiger partial charge in [-0.05, 0) is 13.3 Å². The summed E-state index contributed by atoms with van der Waals surface area (Å²) < 4.78 is 0. The van der Waals surface area contributed by atoms with E-state index >= 15 is 0 Å². The highest BCUT2D eigenvalue weighted by Gasteiger charge is 2.24. The van der Waals surface area contributed by atoms with Gasteiger partial charge in [-0.25, -0.2) is 4.79 Å². The second kappa shape index (κ2) is 9.19. The number of nitrogens with two attached hydrogens (primary N) is 2. The number of hydrogen-bond acceptors (Lipinski definition) is 6. The molecule has 0 aliphatic rings. The molecule has 10 heteroatoms. The molecule has 0 saturated carbocycles. The molecule has 9 nitrogen and oxygen atoms in total. The van der Waals surface area contributed by atoms with Gasteiger partial charge in [-0.1, -0.05) is 0 Å². The number of carboxylic acids is 1. The summed E-state index contributed by atoms with van der Waals surface area (Å²) in [6.07, 6.45) is 0.0137. The lowest BCUT2D eigenvalue weighted by Crippen LogP contribution is -2.53. The van der Waals surface area contributed by atoms with E-state index in [1.54, 1.807) is 0 Å². The van der Waals surface area contributed by atoms with Crippen LogP contribution >= 0.6 is 12.6 Å². The molecule has 7 N–H and O–H groups in total. The molecule has 0 aliphatic heterocycles. The quantitative estimate of drug-likeness (QED) is 0.259. The Hall–Kier alpha value is -1.81. The van der Waals surface area contributed by atoms with E-state index in [1.165, 1.54) is 6.92 Å². The van der Waals surface area contributed by atoms with Gasteiger partial charge in [0.2, 0.25) is 17.7 Å². The van der Waals surface area contributed by atoms with Crippen molar-refractivity contribution < 1.29 is 24.3 Å². The molecule has 120 valence electrons. The molecule has 0 aromatic rings. The number of nitrogens with one attached hydrogen (secondary N) is 2. The van der Waals surface area contributed by atoms with Crippen molar-refractivity contribution in [3.63, 3.8) is 0 Å². The molecule has 0 unspecified atom stereocenters. The third-order valence-corrected chi connectivity index (χ3v) is 2.95. The van der Waals surface area contributed by atoms with Gasteiger partial charge >= 0.3 is 5.97 Å². The van der Waals surface area contributed by atoms with Crippen LogP contribution in [0.25, 0.3) is 0 Å². The molecular weight excluding hydrogens is 300 g/mol. The van der Waals surface area contributed by atoms with Crippen LogP contribution in [0.2, 0.25) is 0 Å². The lowest BCUT2D eigenvalue weighted by Gasteiger charge is -2.19. The van der Waals surface area contributed by atoms with Gasteiger partial charge in [-0.2, -0.15) is 12.6 Å². The lowest BCUT2D eigenvalue weighted by atomic mass is 10.1. The molecule has 0 aromatic carbocycles. The third kappa shape index (κ3) is 7.51. The zero-order valence-electron chi connectivity index (χ0n) is 11.5. The first-order chi connectivity index (χ1) is 9.68. The average molecular weight is 320 g/mol. The summed E-state index contributed by atoms with van der Waals surface area (Å²) in [5.74, 6) is -3.19. The molecule has 0 aromatic heterocycles. The van der Waals surface area contributed by atoms with E-state index in [2.05, 4.69) is 23.3 Å². The zero-order valence-corrected chi connectivity index (χ0v) is 12.4. The van der Waals surface area contributed by atoms with Crippen LogP contribution in [-0.2, 0) is 19.2 Å². The van der Waals surface area contributed by atoms with Crippen molar-refractivity contribution in [3.05, 3.63) is 0 Å². The summed E-state index contributed by atoms with van der Waals surface area (Å²) in [6.45, 7) is 1.38. The van der Waals surface area contributed by atoms with Gasteiger partial charge in [0.1, 0.15) is 12.1 Å². The summed E-state index contributed by atoms with van der Waals surface area (Å²) in [4.78, 5) is 44.7. The predicted molar refractivity (Wildman–Crippen MR) is 77.4 cm³/mol. The summed E-state index contributed by atoms with van der Waals surface area (Å²) in [7, 11) is 0. The molecule has 3 atom stereocenters. The molecule has 21 heavy (non-hydrogen) atoms. The van der Waals surface area contributed by atoms with Crippen molar-refractivity contribution in [2.24, 2.45) is 11.5 Å². The van der Waals surface area contributed by atoms with Gasteiger partial charge in [-0.3, -0.25) is 14.4 Å². The summed E-state index contributed by atoms with van der Waals surface area (Å²) in [6, 6.07) is -3.10. The van der Waals surface area contributed by atoms with E-state index in [1.807, 2.05) is 0 Å². The fourth-order valence-electron chi connectivity index (χ4n) is 1.30. The van der Waals surface area contributed by atoms with Crippen molar-refractivity contribution in [1.29, 1.82) is 0 Å². The minimum Gasteiger partial charge on any atom is -0.480 e. The van der Waals surface area contributed by atoms with Crippen LogP contribution in [0.15, 0.2) is 0 Å². The maximum Gasteiger partial charge on any atom is 0.327 e. The van der Waals surface area contributed by atoms with Crippen molar-refractivity contribution in [2.45, 2.75) is 37.9 Å². The Bertz CT molecular complexity index is 417. The number of amides is 3. The normalized spacial score (nSPS) is 14.6. The van der Waals surface area contributed by atoms with E-state index < -0.39 is 41.8 Å². The first-order valence-corrected chi connectivity index (χ1v) is 6.80. The highest BCUT2D eigenvalue weighted by Crippen LogP contribution is 1.96. The van der Waals surface area contributed by atoms with Crippen molar-refractivity contribution in [2.75, 3.05) is 5.75 Å². The Kier molecular flexibility index (Phi) is 8.39. The van der Waals surface area contributed by atoms with E-state index in [-0.39, 0.29) is 18.6 Å². The number of hydrogen-bond donors (Lipinski definition) is 6. The summed E-state index contributed by atoms with van der Waals surface area (Å²) >= 11 is 3.80. The molecule has 0 rings (SSSR count). The van der Waals surface area contributed by atoms with Gasteiger partial charge in [0.25, 0.3) is 0 Å². The third-order valence-electron chi connectivity index (χ3n) is 2.59. The molecule has 0 spiro atoms. The van der Waals surface area contributed by atoms with Crippen LogP contribution in [-0.4, -0.2) is 52.7 Å². The van der Waals surface area contributed by atoms with Crippen LogP contribution in [0, 0.1) is 0 Å². The molecule has 0 saturated heterocycles. The number of primary amides is 1. The Morgan fingerprint density at radius 1 is 1.19 bits per heavy atom. The Morgan fingerprint density at radius 2 is 1.76 bits per heavy atom. The molecule has 0 heterocycles. The van der Waals surface area contributed by atoms with E-state index in [0.29, 0.717) is 0 Å². The number of aliphatic carboxylic acids is 1. The second-order valence-electron chi connectivity index (χ2n) is 4.42. The van der Waals surface area contributed by atoms with Gasteiger partial charge in [0.05, 0.1) is 6.04 Å². The van der Waals surface area contributed by atoms with Crippen LogP contribution in [0.5, 0.6) is 0 Å². The van der Waals surface area contributed by atoms with Crippen LogP contribution in [0.3, 0.4) is 0 Å². The highest BCUT2D eigenvalue weighted by molar-refractivity contribution is 7.80. The van der Waals surface area contributed by atoms with Crippen LogP contribution < -0.4 is 22.1 Å². The summed E-state index contributed by atoms with van der Waals surface area (Å²) in [5, 5.41) is 13.3. The standard InChI is InChI=1S/C11H20N4O5S/c1-5(9(17)15-7(4-21)11(19)20)14-10(18)6(12)2-3-8(13)16/h5-7,21H,2-4,12H2,1H3,(H2,13,16)(H,14,18)(H,15,17)(H,19,20)/t5-,6-,7-/m0/s1. The second-order valence-corrected chi connectivity index (χ2v) is 4.79. The lowest BCUT2D eigenvalue weighted by molar-refractivity contribution is -0.141. The molecule has 0 fully saturated rings. The average Bonchev–Trinajstić information content (AvgIpc) is 2.40. The van der Waals surface area contributed by atoms with Gasteiger partial charge < -0.3 is 27.2 Å². The van der Waals surface area contributed by atoms with Crippen LogP contribution in [0.4, 0.5) is 0 Å². The van der Waals surface area contributed by atoms with E-state index in [4.69, 9.17) is 16.6 Å². The number of carboxylic acid groups (broad SMARTS) is 1. The monoisotopic (exact) mass is 320 g/mol. The fourth-order valence-corrected chi connectivity index (χ4v) is 1.54. The molecule has 3 amide bonds. The Balaban J connectivity index is 4.36. The van der Waals surface area contributed by atoms with Crippen molar-refractivity contribution >= 4 is 36.3 Å².